The maximum Gasteiger partial charge on any atom is 0.140 e. The summed E-state index contributed by atoms with van der Waals surface area (Å²) in [5.41, 5.74) is 2.74. The lowest BCUT2D eigenvalue weighted by molar-refractivity contribution is -0.161. The normalized spacial score (nSPS) is 47.3. The van der Waals surface area contributed by atoms with Crippen LogP contribution in [0, 0.1) is 51.8 Å². The second-order valence-electron chi connectivity index (χ2n) is 13.4. The molecule has 5 saturated carbocycles. The Morgan fingerprint density at radius 2 is 1.97 bits per heavy atom. The third-order valence-electron chi connectivity index (χ3n) is 12.6. The van der Waals surface area contributed by atoms with Crippen molar-refractivity contribution in [3.8, 4) is 5.75 Å². The van der Waals surface area contributed by atoms with Gasteiger partial charge in [-0.25, -0.2) is 0 Å². The van der Waals surface area contributed by atoms with E-state index in [0.717, 1.165) is 53.4 Å². The Kier molecular flexibility index (Phi) is 5.64. The molecule has 1 spiro atoms. The third-order valence-corrected chi connectivity index (χ3v) is 12.6. The maximum atomic E-state index is 6.32. The number of aromatic nitrogens is 1. The molecule has 10 atom stereocenters. The maximum absolute atomic E-state index is 6.32. The molecule has 5 aliphatic rings. The molecule has 1 heterocycles. The van der Waals surface area contributed by atoms with Crippen molar-refractivity contribution < 1.29 is 9.47 Å². The van der Waals surface area contributed by atoms with Crippen molar-refractivity contribution in [3.05, 3.63) is 24.0 Å². The molecular formula is C31H47NO2. The highest BCUT2D eigenvalue weighted by atomic mass is 16.5. The first kappa shape index (κ1) is 23.3. The molecule has 34 heavy (non-hydrogen) atoms. The van der Waals surface area contributed by atoms with E-state index in [2.05, 4.69) is 38.7 Å². The van der Waals surface area contributed by atoms with Crippen LogP contribution in [-0.4, -0.2) is 24.8 Å². The lowest BCUT2D eigenvalue weighted by Crippen LogP contribution is -2.57. The molecule has 0 aliphatic heterocycles. The van der Waals surface area contributed by atoms with Crippen LogP contribution in [0.5, 0.6) is 5.75 Å². The predicted molar refractivity (Wildman–Crippen MR) is 137 cm³/mol. The molecule has 0 amide bonds. The van der Waals surface area contributed by atoms with Crippen LogP contribution < -0.4 is 4.74 Å². The van der Waals surface area contributed by atoms with Gasteiger partial charge in [-0.1, -0.05) is 20.8 Å². The zero-order chi connectivity index (χ0) is 23.7. The van der Waals surface area contributed by atoms with Crippen molar-refractivity contribution in [1.29, 1.82) is 0 Å². The molecular weight excluding hydrogens is 418 g/mol. The van der Waals surface area contributed by atoms with Crippen molar-refractivity contribution in [2.24, 2.45) is 51.8 Å². The second kappa shape index (κ2) is 8.22. The van der Waals surface area contributed by atoms with Gasteiger partial charge in [-0.05, 0) is 130 Å². The Labute approximate surface area is 207 Å². The minimum atomic E-state index is 0.508. The summed E-state index contributed by atoms with van der Waals surface area (Å²) in [5, 5.41) is 0. The van der Waals surface area contributed by atoms with Crippen molar-refractivity contribution in [3.63, 3.8) is 0 Å². The number of ether oxygens (including phenoxy) is 2. The average Bonchev–Trinajstić information content (AvgIpc) is 3.34. The molecule has 5 fully saturated rings. The van der Waals surface area contributed by atoms with E-state index in [1.165, 1.54) is 57.8 Å². The standard InChI is InChI=1S/C31H47NO2/c1-6-34-27-8-7-17-32-26(27)12-9-20(2)23-10-11-24-22-18-28(33-5)31-19-21(31)13-16-30(31,4)25(22)14-15-29(23,24)3/h7-8,17,20-25,28H,6,9-16,18-19H2,1-5H3/t20?,21-,22+,23-,24+,25+,28?,29-,30-,31-/m1/s1. The molecule has 188 valence electrons. The molecule has 1 aromatic rings. The lowest BCUT2D eigenvalue weighted by Gasteiger charge is -2.61. The van der Waals surface area contributed by atoms with Gasteiger partial charge >= 0.3 is 0 Å². The molecule has 0 radical (unpaired) electrons. The van der Waals surface area contributed by atoms with Gasteiger partial charge in [0.05, 0.1) is 18.4 Å². The van der Waals surface area contributed by atoms with Crippen LogP contribution in [0.3, 0.4) is 0 Å². The molecule has 0 saturated heterocycles. The van der Waals surface area contributed by atoms with E-state index in [4.69, 9.17) is 9.47 Å². The van der Waals surface area contributed by atoms with Crippen molar-refractivity contribution in [2.75, 3.05) is 13.7 Å². The molecule has 0 bridgehead atoms. The SMILES string of the molecule is CCOc1cccnc1CCC(C)[C@H]1CC[C@H]2[C@@H]3CC(OC)[C@@]45C[C@H]4CC[C@]5(C)[C@H]3CC[C@]12C. The zero-order valence-electron chi connectivity index (χ0n) is 22.3. The summed E-state index contributed by atoms with van der Waals surface area (Å²) >= 11 is 0. The second-order valence-corrected chi connectivity index (χ2v) is 13.4. The predicted octanol–water partition coefficient (Wildman–Crippen LogP) is 7.33. The number of aryl methyl sites for hydroxylation is 1. The lowest BCUT2D eigenvalue weighted by atomic mass is 9.45. The highest BCUT2D eigenvalue weighted by molar-refractivity contribution is 5.27. The largest absolute Gasteiger partial charge is 0.492 e. The zero-order valence-corrected chi connectivity index (χ0v) is 22.3. The van der Waals surface area contributed by atoms with Crippen LogP contribution >= 0.6 is 0 Å². The van der Waals surface area contributed by atoms with Crippen LogP contribution in [0.1, 0.15) is 91.2 Å². The summed E-state index contributed by atoms with van der Waals surface area (Å²) in [5.74, 6) is 6.28. The summed E-state index contributed by atoms with van der Waals surface area (Å²) in [6.07, 6.45) is 16.2. The van der Waals surface area contributed by atoms with E-state index in [1.54, 1.807) is 0 Å². The number of methoxy groups -OCH3 is 1. The summed E-state index contributed by atoms with van der Waals surface area (Å²) < 4.78 is 12.2. The third kappa shape index (κ3) is 3.07. The summed E-state index contributed by atoms with van der Waals surface area (Å²) in [4.78, 5) is 4.68. The summed E-state index contributed by atoms with van der Waals surface area (Å²) in [6.45, 7) is 10.7. The van der Waals surface area contributed by atoms with E-state index in [0.29, 0.717) is 29.0 Å². The Bertz CT molecular complexity index is 916. The number of hydrogen-bond acceptors (Lipinski definition) is 3. The van der Waals surface area contributed by atoms with Gasteiger partial charge in [-0.2, -0.15) is 0 Å². The minimum Gasteiger partial charge on any atom is -0.492 e. The van der Waals surface area contributed by atoms with Gasteiger partial charge in [-0.3, -0.25) is 4.98 Å². The Morgan fingerprint density at radius 3 is 2.74 bits per heavy atom. The van der Waals surface area contributed by atoms with Crippen molar-refractivity contribution in [2.45, 2.75) is 98.0 Å². The fourth-order valence-corrected chi connectivity index (χ4v) is 11.0. The van der Waals surface area contributed by atoms with Gasteiger partial charge in [-0.15, -0.1) is 0 Å². The van der Waals surface area contributed by atoms with Crippen LogP contribution in [0.15, 0.2) is 18.3 Å². The summed E-state index contributed by atoms with van der Waals surface area (Å²) in [7, 11) is 2.02. The van der Waals surface area contributed by atoms with E-state index in [1.807, 2.05) is 19.4 Å². The number of rotatable bonds is 7. The van der Waals surface area contributed by atoms with Gasteiger partial charge in [0.15, 0.2) is 0 Å². The molecule has 5 aliphatic carbocycles. The molecule has 2 unspecified atom stereocenters. The quantitative estimate of drug-likeness (QED) is 0.422. The van der Waals surface area contributed by atoms with Crippen LogP contribution in [0.4, 0.5) is 0 Å². The smallest absolute Gasteiger partial charge is 0.140 e. The molecule has 3 heteroatoms. The minimum absolute atomic E-state index is 0.508. The fraction of sp³-hybridized carbons (Fsp3) is 0.839. The first-order chi connectivity index (χ1) is 16.4. The van der Waals surface area contributed by atoms with Crippen LogP contribution in [0.2, 0.25) is 0 Å². The number of pyridine rings is 1. The van der Waals surface area contributed by atoms with Gasteiger partial charge in [0.1, 0.15) is 5.75 Å². The van der Waals surface area contributed by atoms with Crippen LogP contribution in [0.25, 0.3) is 0 Å². The first-order valence-corrected chi connectivity index (χ1v) is 14.5. The molecule has 0 aromatic carbocycles. The fourth-order valence-electron chi connectivity index (χ4n) is 11.0. The van der Waals surface area contributed by atoms with E-state index in [9.17, 15) is 0 Å². The average molecular weight is 466 g/mol. The van der Waals surface area contributed by atoms with Crippen molar-refractivity contribution in [1.82, 2.24) is 4.98 Å². The number of nitrogens with zero attached hydrogens (tertiary/aromatic N) is 1. The van der Waals surface area contributed by atoms with Gasteiger partial charge in [0, 0.05) is 18.7 Å². The van der Waals surface area contributed by atoms with Gasteiger partial charge in [0.25, 0.3) is 0 Å². The monoisotopic (exact) mass is 465 g/mol. The number of hydrogen-bond donors (Lipinski definition) is 0. The molecule has 1 aromatic heterocycles. The van der Waals surface area contributed by atoms with Crippen molar-refractivity contribution >= 4 is 0 Å². The van der Waals surface area contributed by atoms with E-state index < -0.39 is 0 Å². The highest BCUT2D eigenvalue weighted by Crippen LogP contribution is 2.82. The molecule has 3 nitrogen and oxygen atoms in total. The first-order valence-electron chi connectivity index (χ1n) is 14.5. The highest BCUT2D eigenvalue weighted by Gasteiger charge is 2.77. The van der Waals surface area contributed by atoms with Crippen LogP contribution in [-0.2, 0) is 11.2 Å². The Balaban J connectivity index is 1.19. The topological polar surface area (TPSA) is 31.4 Å². The molecule has 0 N–H and O–H groups in total. The summed E-state index contributed by atoms with van der Waals surface area (Å²) in [6, 6.07) is 4.08. The Hall–Kier alpha value is -1.09. The van der Waals surface area contributed by atoms with Gasteiger partial charge < -0.3 is 9.47 Å². The molecule has 6 rings (SSSR count). The number of fused-ring (bicyclic) bond motifs is 4. The Morgan fingerprint density at radius 1 is 1.12 bits per heavy atom. The van der Waals surface area contributed by atoms with Gasteiger partial charge in [0.2, 0.25) is 0 Å². The van der Waals surface area contributed by atoms with E-state index >= 15 is 0 Å². The van der Waals surface area contributed by atoms with E-state index in [-0.39, 0.29) is 0 Å².